The van der Waals surface area contributed by atoms with Crippen molar-refractivity contribution >= 4 is 50.7 Å². The third-order valence-electron chi connectivity index (χ3n) is 2.61. The number of aryl methyl sites for hydroxylation is 1. The molecule has 0 aliphatic carbocycles. The predicted molar refractivity (Wildman–Crippen MR) is 83.3 cm³/mol. The van der Waals surface area contributed by atoms with E-state index in [9.17, 15) is 4.79 Å². The van der Waals surface area contributed by atoms with E-state index in [0.29, 0.717) is 21.3 Å². The lowest BCUT2D eigenvalue weighted by atomic mass is 10.1. The minimum atomic E-state index is -0.253. The molecule has 0 aliphatic heterocycles. The van der Waals surface area contributed by atoms with Gasteiger partial charge in [0.1, 0.15) is 0 Å². The quantitative estimate of drug-likeness (QED) is 0.773. The maximum absolute atomic E-state index is 12.2. The number of hydrogen-bond donors (Lipinski definition) is 1. The van der Waals surface area contributed by atoms with Crippen LogP contribution in [0, 0.1) is 6.92 Å². The van der Waals surface area contributed by atoms with Crippen molar-refractivity contribution in [2.45, 2.75) is 6.92 Å². The lowest BCUT2D eigenvalue weighted by Gasteiger charge is -2.10. The molecule has 0 aromatic heterocycles. The summed E-state index contributed by atoms with van der Waals surface area (Å²) in [6.07, 6.45) is 0. The van der Waals surface area contributed by atoms with Crippen LogP contribution in [0.1, 0.15) is 15.9 Å². The molecular formula is C14H10BrCl2NO. The zero-order chi connectivity index (χ0) is 14.0. The summed E-state index contributed by atoms with van der Waals surface area (Å²) in [5, 5.41) is 3.86. The van der Waals surface area contributed by atoms with Crippen LogP contribution in [0.15, 0.2) is 40.9 Å². The maximum Gasteiger partial charge on any atom is 0.257 e. The number of halogens is 3. The summed E-state index contributed by atoms with van der Waals surface area (Å²) in [7, 11) is 0. The fourth-order valence-electron chi connectivity index (χ4n) is 1.63. The fraction of sp³-hybridized carbons (Fsp3) is 0.0714. The molecule has 0 fully saturated rings. The van der Waals surface area contributed by atoms with Crippen LogP contribution in [0.4, 0.5) is 5.69 Å². The highest BCUT2D eigenvalue weighted by Gasteiger charge is 2.12. The number of nitrogens with one attached hydrogen (secondary N) is 1. The van der Waals surface area contributed by atoms with Crippen LogP contribution < -0.4 is 5.32 Å². The second-order valence-electron chi connectivity index (χ2n) is 4.04. The predicted octanol–water partition coefficient (Wildman–Crippen LogP) is 5.32. The Hall–Kier alpha value is -1.03. The fourth-order valence-corrected chi connectivity index (χ4v) is 2.42. The van der Waals surface area contributed by atoms with E-state index in [1.54, 1.807) is 36.4 Å². The van der Waals surface area contributed by atoms with Crippen LogP contribution in [-0.2, 0) is 0 Å². The Labute approximate surface area is 129 Å². The summed E-state index contributed by atoms with van der Waals surface area (Å²) in [4.78, 5) is 12.2. The van der Waals surface area contributed by atoms with E-state index >= 15 is 0 Å². The van der Waals surface area contributed by atoms with Crippen molar-refractivity contribution in [2.75, 3.05) is 5.32 Å². The zero-order valence-electron chi connectivity index (χ0n) is 10.0. The van der Waals surface area contributed by atoms with Crippen molar-refractivity contribution in [1.29, 1.82) is 0 Å². The molecule has 0 heterocycles. The zero-order valence-corrected chi connectivity index (χ0v) is 13.1. The van der Waals surface area contributed by atoms with Gasteiger partial charge in [-0.25, -0.2) is 0 Å². The Morgan fingerprint density at radius 2 is 1.89 bits per heavy atom. The van der Waals surface area contributed by atoms with Crippen molar-refractivity contribution in [3.63, 3.8) is 0 Å². The number of carbonyl (C=O) groups is 1. The van der Waals surface area contributed by atoms with Crippen LogP contribution in [0.5, 0.6) is 0 Å². The molecule has 1 N–H and O–H groups in total. The standard InChI is InChI=1S/C14H10BrCl2NO/c1-8-6-10(16)3-5-13(8)18-14(19)11-7-9(15)2-4-12(11)17/h2-7H,1H3,(H,18,19). The number of rotatable bonds is 2. The van der Waals surface area contributed by atoms with Gasteiger partial charge in [-0.05, 0) is 48.9 Å². The highest BCUT2D eigenvalue weighted by atomic mass is 79.9. The molecule has 0 spiro atoms. The Kier molecular flexibility index (Phi) is 4.50. The van der Waals surface area contributed by atoms with Crippen LogP contribution in [0.3, 0.4) is 0 Å². The average Bonchev–Trinajstić information content (AvgIpc) is 2.35. The smallest absolute Gasteiger partial charge is 0.257 e. The van der Waals surface area contributed by atoms with Crippen molar-refractivity contribution < 1.29 is 4.79 Å². The molecule has 2 nitrogen and oxygen atoms in total. The number of anilines is 1. The molecule has 0 atom stereocenters. The molecule has 5 heteroatoms. The second-order valence-corrected chi connectivity index (χ2v) is 5.80. The number of benzene rings is 2. The molecule has 98 valence electrons. The van der Waals surface area contributed by atoms with Gasteiger partial charge in [-0.1, -0.05) is 39.1 Å². The first-order valence-corrected chi connectivity index (χ1v) is 7.05. The normalized spacial score (nSPS) is 10.3. The summed E-state index contributed by atoms with van der Waals surface area (Å²) in [5.41, 5.74) is 2.03. The number of amides is 1. The van der Waals surface area contributed by atoms with E-state index in [0.717, 1.165) is 10.0 Å². The van der Waals surface area contributed by atoms with Gasteiger partial charge in [-0.3, -0.25) is 4.79 Å². The molecule has 0 saturated heterocycles. The molecule has 0 aliphatic rings. The van der Waals surface area contributed by atoms with Gasteiger partial charge in [-0.15, -0.1) is 0 Å². The van der Waals surface area contributed by atoms with E-state index in [-0.39, 0.29) is 5.91 Å². The van der Waals surface area contributed by atoms with E-state index in [1.165, 1.54) is 0 Å². The minimum absolute atomic E-state index is 0.253. The topological polar surface area (TPSA) is 29.1 Å². The number of hydrogen-bond acceptors (Lipinski definition) is 1. The van der Waals surface area contributed by atoms with Gasteiger partial charge < -0.3 is 5.32 Å². The van der Waals surface area contributed by atoms with E-state index in [1.807, 2.05) is 6.92 Å². The first-order chi connectivity index (χ1) is 8.97. The molecule has 2 aromatic rings. The van der Waals surface area contributed by atoms with E-state index in [4.69, 9.17) is 23.2 Å². The van der Waals surface area contributed by atoms with Crippen LogP contribution >= 0.6 is 39.1 Å². The summed E-state index contributed by atoms with van der Waals surface area (Å²) in [5.74, 6) is -0.253. The minimum Gasteiger partial charge on any atom is -0.322 e. The molecule has 19 heavy (non-hydrogen) atoms. The molecule has 0 unspecified atom stereocenters. The Balaban J connectivity index is 2.28. The van der Waals surface area contributed by atoms with Crippen molar-refractivity contribution in [3.8, 4) is 0 Å². The molecule has 0 radical (unpaired) electrons. The van der Waals surface area contributed by atoms with E-state index < -0.39 is 0 Å². The lowest BCUT2D eigenvalue weighted by molar-refractivity contribution is 0.102. The first kappa shape index (κ1) is 14.4. The van der Waals surface area contributed by atoms with Gasteiger partial charge >= 0.3 is 0 Å². The molecule has 1 amide bonds. The molecule has 0 bridgehead atoms. The molecule has 0 saturated carbocycles. The van der Waals surface area contributed by atoms with Crippen LogP contribution in [0.25, 0.3) is 0 Å². The van der Waals surface area contributed by atoms with Gasteiger partial charge in [-0.2, -0.15) is 0 Å². The van der Waals surface area contributed by atoms with Gasteiger partial charge in [0.25, 0.3) is 5.91 Å². The average molecular weight is 359 g/mol. The third kappa shape index (κ3) is 3.50. The summed E-state index contributed by atoms with van der Waals surface area (Å²) < 4.78 is 0.801. The Morgan fingerprint density at radius 1 is 1.16 bits per heavy atom. The van der Waals surface area contributed by atoms with Gasteiger partial charge in [0.05, 0.1) is 10.6 Å². The molecular weight excluding hydrogens is 349 g/mol. The van der Waals surface area contributed by atoms with Crippen molar-refractivity contribution in [3.05, 3.63) is 62.0 Å². The Morgan fingerprint density at radius 3 is 2.58 bits per heavy atom. The monoisotopic (exact) mass is 357 g/mol. The number of carbonyl (C=O) groups excluding carboxylic acids is 1. The van der Waals surface area contributed by atoms with Crippen molar-refractivity contribution in [1.82, 2.24) is 0 Å². The SMILES string of the molecule is Cc1cc(Cl)ccc1NC(=O)c1cc(Br)ccc1Cl. The van der Waals surface area contributed by atoms with Crippen LogP contribution in [0.2, 0.25) is 10.0 Å². The van der Waals surface area contributed by atoms with Crippen molar-refractivity contribution in [2.24, 2.45) is 0 Å². The molecule has 2 aromatic carbocycles. The second kappa shape index (κ2) is 5.95. The summed E-state index contributed by atoms with van der Waals surface area (Å²) in [6, 6.07) is 10.4. The third-order valence-corrected chi connectivity index (χ3v) is 3.67. The van der Waals surface area contributed by atoms with Crippen LogP contribution in [-0.4, -0.2) is 5.91 Å². The highest BCUT2D eigenvalue weighted by molar-refractivity contribution is 9.10. The summed E-state index contributed by atoms with van der Waals surface area (Å²) >= 11 is 15.2. The first-order valence-electron chi connectivity index (χ1n) is 5.50. The van der Waals surface area contributed by atoms with Gasteiger partial charge in [0.2, 0.25) is 0 Å². The van der Waals surface area contributed by atoms with E-state index in [2.05, 4.69) is 21.2 Å². The highest BCUT2D eigenvalue weighted by Crippen LogP contribution is 2.24. The van der Waals surface area contributed by atoms with Gasteiger partial charge in [0, 0.05) is 15.2 Å². The largest absolute Gasteiger partial charge is 0.322 e. The maximum atomic E-state index is 12.2. The Bertz CT molecular complexity index is 643. The van der Waals surface area contributed by atoms with Gasteiger partial charge in [0.15, 0.2) is 0 Å². The lowest BCUT2D eigenvalue weighted by Crippen LogP contribution is -2.13. The molecule has 2 rings (SSSR count). The summed E-state index contributed by atoms with van der Waals surface area (Å²) in [6.45, 7) is 1.88.